The van der Waals surface area contributed by atoms with Crippen molar-refractivity contribution in [3.05, 3.63) is 30.1 Å². The molecule has 0 unspecified atom stereocenters. The molecule has 1 heterocycles. The Kier molecular flexibility index (Phi) is 19.3. The number of hydrogen-bond acceptors (Lipinski definition) is 1. The maximum Gasteiger partial charge on any atom is 0.325 e. The quantitative estimate of drug-likeness (QED) is 0.171. The van der Waals surface area contributed by atoms with Gasteiger partial charge in [0.05, 0.1) is 6.16 Å². The number of hydrogen-bond donors (Lipinski definition) is 2. The maximum atomic E-state index is 10.9. The maximum absolute atomic E-state index is 10.9. The molecule has 6 heteroatoms. The zero-order valence-corrected chi connectivity index (χ0v) is 21.6. The second-order valence-corrected chi connectivity index (χ2v) is 10.3. The van der Waals surface area contributed by atoms with E-state index in [9.17, 15) is 4.57 Å². The highest BCUT2D eigenvalue weighted by atomic mass is 79.9. The summed E-state index contributed by atoms with van der Waals surface area (Å²) in [5.41, 5.74) is 1.36. The molecule has 30 heavy (non-hydrogen) atoms. The third-order valence-electron chi connectivity index (χ3n) is 5.64. The van der Waals surface area contributed by atoms with Crippen molar-refractivity contribution in [3.8, 4) is 0 Å². The van der Waals surface area contributed by atoms with Crippen molar-refractivity contribution >= 4 is 7.60 Å². The summed E-state index contributed by atoms with van der Waals surface area (Å²) in [6.07, 6.45) is 25.1. The first-order valence-electron chi connectivity index (χ1n) is 12.0. The fourth-order valence-corrected chi connectivity index (χ4v) is 4.34. The number of rotatable bonds is 19. The minimum absolute atomic E-state index is 0. The van der Waals surface area contributed by atoms with Crippen LogP contribution in [-0.2, 0) is 17.5 Å². The molecule has 4 nitrogen and oxygen atoms in total. The van der Waals surface area contributed by atoms with Gasteiger partial charge >= 0.3 is 7.60 Å². The third kappa shape index (κ3) is 18.5. The summed E-state index contributed by atoms with van der Waals surface area (Å²) >= 11 is 0. The van der Waals surface area contributed by atoms with Crippen LogP contribution in [0, 0.1) is 0 Å². The van der Waals surface area contributed by atoms with Gasteiger partial charge in [0, 0.05) is 18.6 Å². The topological polar surface area (TPSA) is 61.4 Å². The number of aromatic nitrogens is 1. The Morgan fingerprint density at radius 1 is 0.733 bits per heavy atom. The van der Waals surface area contributed by atoms with E-state index in [4.69, 9.17) is 9.79 Å². The number of halogens is 1. The molecule has 0 aromatic carbocycles. The summed E-state index contributed by atoms with van der Waals surface area (Å²) in [5, 5.41) is 0. The fraction of sp³-hybridized carbons (Fsp3) is 0.792. The van der Waals surface area contributed by atoms with Crippen molar-refractivity contribution in [1.29, 1.82) is 0 Å². The molecule has 1 aromatic heterocycles. The fourth-order valence-electron chi connectivity index (χ4n) is 3.79. The van der Waals surface area contributed by atoms with Crippen molar-refractivity contribution in [2.24, 2.45) is 0 Å². The smallest absolute Gasteiger partial charge is 0.325 e. The van der Waals surface area contributed by atoms with Gasteiger partial charge < -0.3 is 26.8 Å². The lowest BCUT2D eigenvalue weighted by Crippen LogP contribution is -3.00. The molecule has 0 radical (unpaired) electrons. The average Bonchev–Trinajstić information content (AvgIpc) is 2.68. The highest BCUT2D eigenvalue weighted by Crippen LogP contribution is 2.34. The molecule has 0 amide bonds. The van der Waals surface area contributed by atoms with Crippen molar-refractivity contribution in [3.63, 3.8) is 0 Å². The molecule has 176 valence electrons. The normalized spacial score (nSPS) is 11.4. The van der Waals surface area contributed by atoms with Crippen LogP contribution in [0.15, 0.2) is 24.5 Å². The van der Waals surface area contributed by atoms with Crippen LogP contribution in [0.25, 0.3) is 0 Å². The van der Waals surface area contributed by atoms with E-state index < -0.39 is 7.60 Å². The zero-order valence-electron chi connectivity index (χ0n) is 19.1. The zero-order chi connectivity index (χ0) is 21.2. The first-order valence-corrected chi connectivity index (χ1v) is 13.8. The highest BCUT2D eigenvalue weighted by Gasteiger charge is 2.13. The minimum Gasteiger partial charge on any atom is -1.00 e. The molecule has 0 aliphatic rings. The first kappa shape index (κ1) is 29.8. The molecule has 0 aliphatic carbocycles. The molecule has 0 saturated heterocycles. The summed E-state index contributed by atoms with van der Waals surface area (Å²) in [5.74, 6) is 0. The predicted octanol–water partition coefficient (Wildman–Crippen LogP) is 3.57. The summed E-state index contributed by atoms with van der Waals surface area (Å²) in [4.78, 5) is 17.8. The summed E-state index contributed by atoms with van der Waals surface area (Å²) in [7, 11) is -3.86. The average molecular weight is 507 g/mol. The number of nitrogens with zero attached hydrogens (tertiary/aromatic N) is 1. The molecule has 0 spiro atoms. The SMILES string of the molecule is CCCCCCCCCCCCCCCCc1cc[n+](CCCP(=O)(O)O)cc1.[Br-]. The van der Waals surface area contributed by atoms with Crippen LogP contribution in [0.5, 0.6) is 0 Å². The molecular formula is C24H45BrNO3P. The Hall–Kier alpha value is -0.220. The van der Waals surface area contributed by atoms with E-state index in [-0.39, 0.29) is 23.1 Å². The van der Waals surface area contributed by atoms with E-state index in [0.717, 1.165) is 6.42 Å². The molecule has 2 N–H and O–H groups in total. The van der Waals surface area contributed by atoms with E-state index in [1.54, 1.807) is 0 Å². The van der Waals surface area contributed by atoms with Gasteiger partial charge in [0.25, 0.3) is 0 Å². The molecule has 0 fully saturated rings. The van der Waals surface area contributed by atoms with Crippen molar-refractivity contribution in [1.82, 2.24) is 0 Å². The minimum atomic E-state index is -3.86. The molecule has 0 bridgehead atoms. The van der Waals surface area contributed by atoms with Crippen molar-refractivity contribution < 1.29 is 35.9 Å². The lowest BCUT2D eigenvalue weighted by Gasteiger charge is -2.04. The van der Waals surface area contributed by atoms with Crippen LogP contribution in [0.4, 0.5) is 0 Å². The van der Waals surface area contributed by atoms with Crippen LogP contribution >= 0.6 is 7.60 Å². The summed E-state index contributed by atoms with van der Waals surface area (Å²) < 4.78 is 12.9. The predicted molar refractivity (Wildman–Crippen MR) is 122 cm³/mol. The summed E-state index contributed by atoms with van der Waals surface area (Å²) in [6.45, 7) is 2.93. The number of pyridine rings is 1. The number of aryl methyl sites for hydroxylation is 2. The van der Waals surface area contributed by atoms with Crippen LogP contribution < -0.4 is 21.5 Å². The van der Waals surface area contributed by atoms with E-state index in [0.29, 0.717) is 13.0 Å². The lowest BCUT2D eigenvalue weighted by atomic mass is 10.0. The lowest BCUT2D eigenvalue weighted by molar-refractivity contribution is -0.696. The molecule has 0 saturated carbocycles. The van der Waals surface area contributed by atoms with Gasteiger partial charge in [-0.15, -0.1) is 0 Å². The van der Waals surface area contributed by atoms with Gasteiger partial charge in [0.15, 0.2) is 12.4 Å². The largest absolute Gasteiger partial charge is 1.00 e. The number of unbranched alkanes of at least 4 members (excludes halogenated alkanes) is 13. The Morgan fingerprint density at radius 2 is 1.17 bits per heavy atom. The van der Waals surface area contributed by atoms with E-state index in [2.05, 4.69) is 19.1 Å². The first-order chi connectivity index (χ1) is 14.0. The van der Waals surface area contributed by atoms with Gasteiger partial charge in [0.2, 0.25) is 0 Å². The molecule has 1 aromatic rings. The van der Waals surface area contributed by atoms with Gasteiger partial charge in [-0.25, -0.2) is 4.57 Å². The second kappa shape index (κ2) is 19.5. The van der Waals surface area contributed by atoms with Gasteiger partial charge in [-0.1, -0.05) is 90.4 Å². The Morgan fingerprint density at radius 3 is 1.60 bits per heavy atom. The Bertz CT molecular complexity index is 548. The van der Waals surface area contributed by atoms with E-state index >= 15 is 0 Å². The van der Waals surface area contributed by atoms with Crippen LogP contribution in [0.1, 0.15) is 109 Å². The van der Waals surface area contributed by atoms with Gasteiger partial charge in [-0.05, 0) is 18.4 Å². The van der Waals surface area contributed by atoms with Crippen LogP contribution in [0.2, 0.25) is 0 Å². The van der Waals surface area contributed by atoms with Crippen molar-refractivity contribution in [2.75, 3.05) is 6.16 Å². The molecular weight excluding hydrogens is 461 g/mol. The molecule has 1 rings (SSSR count). The molecule has 0 aliphatic heterocycles. The summed E-state index contributed by atoms with van der Waals surface area (Å²) in [6, 6.07) is 4.28. The monoisotopic (exact) mass is 505 g/mol. The molecule has 0 atom stereocenters. The van der Waals surface area contributed by atoms with Gasteiger partial charge in [0.1, 0.15) is 6.54 Å². The standard InChI is InChI=1S/C24H44NO3P.BrH/c1-2-3-4-5-6-7-8-9-10-11-12-13-14-15-17-24-18-21-25(22-19-24)20-16-23-29(26,27)28;/h18-19,21-22H,2-17,20,23H2,1H3,(H-,26,27,28);1H. The van der Waals surface area contributed by atoms with Crippen LogP contribution in [-0.4, -0.2) is 15.9 Å². The Balaban J connectivity index is 0.00000841. The third-order valence-corrected chi connectivity index (χ3v) is 6.54. The second-order valence-electron chi connectivity index (χ2n) is 8.53. The Labute approximate surface area is 195 Å². The highest BCUT2D eigenvalue weighted by molar-refractivity contribution is 7.51. The van der Waals surface area contributed by atoms with E-state index in [1.807, 2.05) is 17.0 Å². The van der Waals surface area contributed by atoms with Gasteiger partial charge in [-0.2, -0.15) is 0 Å². The van der Waals surface area contributed by atoms with Crippen molar-refractivity contribution in [2.45, 2.75) is 116 Å². The van der Waals surface area contributed by atoms with E-state index in [1.165, 1.54) is 95.5 Å². The van der Waals surface area contributed by atoms with Crippen LogP contribution in [0.3, 0.4) is 0 Å². The van der Waals surface area contributed by atoms with Gasteiger partial charge in [-0.3, -0.25) is 4.57 Å².